The predicted molar refractivity (Wildman–Crippen MR) is 79.4 cm³/mol. The molecule has 21 heavy (non-hydrogen) atoms. The predicted octanol–water partition coefficient (Wildman–Crippen LogP) is 3.56. The van der Waals surface area contributed by atoms with E-state index in [1.165, 1.54) is 12.1 Å². The van der Waals surface area contributed by atoms with Gasteiger partial charge in [-0.3, -0.25) is 0 Å². The molecule has 0 saturated carbocycles. The molecular formula is C17H17FN2O. The van der Waals surface area contributed by atoms with Gasteiger partial charge in [-0.1, -0.05) is 12.1 Å². The molecular weight excluding hydrogens is 267 g/mol. The molecule has 0 aromatic heterocycles. The van der Waals surface area contributed by atoms with Crippen LogP contribution in [0.5, 0.6) is 5.75 Å². The first kappa shape index (κ1) is 15.0. The van der Waals surface area contributed by atoms with Gasteiger partial charge < -0.3 is 10.1 Å². The maximum absolute atomic E-state index is 13.7. The summed E-state index contributed by atoms with van der Waals surface area (Å²) in [6, 6.07) is 14.2. The third kappa shape index (κ3) is 3.80. The van der Waals surface area contributed by atoms with Crippen molar-refractivity contribution in [2.45, 2.75) is 19.5 Å². The molecule has 0 saturated heterocycles. The fourth-order valence-corrected chi connectivity index (χ4v) is 2.05. The third-order valence-corrected chi connectivity index (χ3v) is 3.39. The highest BCUT2D eigenvalue weighted by molar-refractivity contribution is 5.34. The molecule has 0 aliphatic heterocycles. The van der Waals surface area contributed by atoms with E-state index in [-0.39, 0.29) is 11.9 Å². The van der Waals surface area contributed by atoms with Crippen LogP contribution >= 0.6 is 0 Å². The van der Waals surface area contributed by atoms with Crippen LogP contribution in [-0.2, 0) is 6.54 Å². The van der Waals surface area contributed by atoms with Crippen molar-refractivity contribution in [2.24, 2.45) is 0 Å². The molecule has 108 valence electrons. The van der Waals surface area contributed by atoms with Crippen LogP contribution in [0, 0.1) is 17.1 Å². The number of nitriles is 1. The van der Waals surface area contributed by atoms with Gasteiger partial charge in [0.1, 0.15) is 11.6 Å². The standard InChI is InChI=1S/C17H17FN2O/c1-12(14-4-6-16(21-2)7-5-14)20-11-15-9-13(10-19)3-8-17(15)18/h3-9,12,20H,11H2,1-2H3/t12-/m0/s1. The maximum atomic E-state index is 13.7. The van der Waals surface area contributed by atoms with Crippen molar-refractivity contribution >= 4 is 0 Å². The first-order valence-electron chi connectivity index (χ1n) is 6.70. The summed E-state index contributed by atoms with van der Waals surface area (Å²) in [6.45, 7) is 2.38. The molecule has 0 heterocycles. The monoisotopic (exact) mass is 284 g/mol. The highest BCUT2D eigenvalue weighted by Gasteiger charge is 2.08. The molecule has 0 spiro atoms. The molecule has 0 aliphatic rings. The molecule has 0 aliphatic carbocycles. The Morgan fingerprint density at radius 2 is 1.95 bits per heavy atom. The molecule has 4 heteroatoms. The zero-order chi connectivity index (χ0) is 15.2. The molecule has 0 fully saturated rings. The SMILES string of the molecule is COc1ccc([C@H](C)NCc2cc(C#N)ccc2F)cc1. The molecule has 2 rings (SSSR count). The fourth-order valence-electron chi connectivity index (χ4n) is 2.05. The number of hydrogen-bond acceptors (Lipinski definition) is 3. The second-order valence-corrected chi connectivity index (χ2v) is 4.79. The van der Waals surface area contributed by atoms with Crippen LogP contribution in [0.15, 0.2) is 42.5 Å². The number of benzene rings is 2. The second kappa shape index (κ2) is 6.87. The van der Waals surface area contributed by atoms with Crippen LogP contribution in [0.1, 0.15) is 29.7 Å². The lowest BCUT2D eigenvalue weighted by Gasteiger charge is -2.15. The Hall–Kier alpha value is -2.38. The number of halogens is 1. The summed E-state index contributed by atoms with van der Waals surface area (Å²) in [5.41, 5.74) is 2.05. The molecule has 0 amide bonds. The first-order chi connectivity index (χ1) is 10.1. The largest absolute Gasteiger partial charge is 0.497 e. The van der Waals surface area contributed by atoms with Crippen LogP contribution in [0.2, 0.25) is 0 Å². The number of hydrogen-bond donors (Lipinski definition) is 1. The van der Waals surface area contributed by atoms with E-state index >= 15 is 0 Å². The molecule has 2 aromatic carbocycles. The number of rotatable bonds is 5. The van der Waals surface area contributed by atoms with Gasteiger partial charge in [0.05, 0.1) is 18.7 Å². The summed E-state index contributed by atoms with van der Waals surface area (Å²) < 4.78 is 18.8. The van der Waals surface area contributed by atoms with Gasteiger partial charge in [0, 0.05) is 18.2 Å². The summed E-state index contributed by atoms with van der Waals surface area (Å²) in [5, 5.41) is 12.1. The van der Waals surface area contributed by atoms with E-state index in [9.17, 15) is 4.39 Å². The van der Waals surface area contributed by atoms with Crippen molar-refractivity contribution in [3.05, 3.63) is 65.0 Å². The Labute approximate surface area is 124 Å². The summed E-state index contributed by atoms with van der Waals surface area (Å²) >= 11 is 0. The van der Waals surface area contributed by atoms with Crippen molar-refractivity contribution in [2.75, 3.05) is 7.11 Å². The van der Waals surface area contributed by atoms with Crippen LogP contribution in [0.3, 0.4) is 0 Å². The van der Waals surface area contributed by atoms with E-state index < -0.39 is 0 Å². The molecule has 3 nitrogen and oxygen atoms in total. The van der Waals surface area contributed by atoms with Crippen molar-refractivity contribution in [1.82, 2.24) is 5.32 Å². The van der Waals surface area contributed by atoms with Crippen LogP contribution in [0.4, 0.5) is 4.39 Å². The van der Waals surface area contributed by atoms with E-state index in [0.717, 1.165) is 11.3 Å². The highest BCUT2D eigenvalue weighted by Crippen LogP contribution is 2.18. The van der Waals surface area contributed by atoms with Gasteiger partial charge in [-0.15, -0.1) is 0 Å². The Morgan fingerprint density at radius 3 is 2.57 bits per heavy atom. The Morgan fingerprint density at radius 1 is 1.24 bits per heavy atom. The third-order valence-electron chi connectivity index (χ3n) is 3.39. The topological polar surface area (TPSA) is 45.0 Å². The van der Waals surface area contributed by atoms with Gasteiger partial charge in [-0.25, -0.2) is 4.39 Å². The number of nitrogens with zero attached hydrogens (tertiary/aromatic N) is 1. The van der Waals surface area contributed by atoms with Crippen molar-refractivity contribution in [3.63, 3.8) is 0 Å². The zero-order valence-corrected chi connectivity index (χ0v) is 12.1. The van der Waals surface area contributed by atoms with Crippen LogP contribution in [0.25, 0.3) is 0 Å². The minimum atomic E-state index is -0.302. The quantitative estimate of drug-likeness (QED) is 0.913. The van der Waals surface area contributed by atoms with E-state index in [0.29, 0.717) is 17.7 Å². The number of ether oxygens (including phenoxy) is 1. The van der Waals surface area contributed by atoms with Crippen LogP contribution in [-0.4, -0.2) is 7.11 Å². The lowest BCUT2D eigenvalue weighted by Crippen LogP contribution is -2.18. The molecule has 0 unspecified atom stereocenters. The highest BCUT2D eigenvalue weighted by atomic mass is 19.1. The van der Waals surface area contributed by atoms with E-state index in [1.807, 2.05) is 37.3 Å². The second-order valence-electron chi connectivity index (χ2n) is 4.79. The van der Waals surface area contributed by atoms with E-state index in [1.54, 1.807) is 13.2 Å². The smallest absolute Gasteiger partial charge is 0.127 e. The maximum Gasteiger partial charge on any atom is 0.127 e. The molecule has 1 N–H and O–H groups in total. The Kier molecular flexibility index (Phi) is 4.91. The molecule has 0 radical (unpaired) electrons. The minimum absolute atomic E-state index is 0.0704. The van der Waals surface area contributed by atoms with Crippen molar-refractivity contribution in [1.29, 1.82) is 5.26 Å². The summed E-state index contributed by atoms with van der Waals surface area (Å²) in [6.07, 6.45) is 0. The average Bonchev–Trinajstić information content (AvgIpc) is 2.54. The van der Waals surface area contributed by atoms with E-state index in [2.05, 4.69) is 5.32 Å². The Bertz CT molecular complexity index is 647. The lowest BCUT2D eigenvalue weighted by molar-refractivity contribution is 0.414. The van der Waals surface area contributed by atoms with Gasteiger partial charge in [0.2, 0.25) is 0 Å². The molecule has 1 atom stereocenters. The van der Waals surface area contributed by atoms with Crippen molar-refractivity contribution in [3.8, 4) is 11.8 Å². The van der Waals surface area contributed by atoms with E-state index in [4.69, 9.17) is 10.00 Å². The van der Waals surface area contributed by atoms with Crippen LogP contribution < -0.4 is 10.1 Å². The lowest BCUT2D eigenvalue weighted by atomic mass is 10.1. The minimum Gasteiger partial charge on any atom is -0.497 e. The normalized spacial score (nSPS) is 11.7. The Balaban J connectivity index is 2.03. The summed E-state index contributed by atoms with van der Waals surface area (Å²) in [4.78, 5) is 0. The summed E-state index contributed by atoms with van der Waals surface area (Å²) in [7, 11) is 1.63. The summed E-state index contributed by atoms with van der Waals surface area (Å²) in [5.74, 6) is 0.502. The zero-order valence-electron chi connectivity index (χ0n) is 12.1. The molecule has 2 aromatic rings. The first-order valence-corrected chi connectivity index (χ1v) is 6.70. The molecule has 0 bridgehead atoms. The van der Waals surface area contributed by atoms with Gasteiger partial charge >= 0.3 is 0 Å². The fraction of sp³-hybridized carbons (Fsp3) is 0.235. The van der Waals surface area contributed by atoms with Crippen molar-refractivity contribution < 1.29 is 9.13 Å². The number of nitrogens with one attached hydrogen (secondary N) is 1. The average molecular weight is 284 g/mol. The van der Waals surface area contributed by atoms with Gasteiger partial charge in [0.25, 0.3) is 0 Å². The number of methoxy groups -OCH3 is 1. The van der Waals surface area contributed by atoms with Gasteiger partial charge in [0.15, 0.2) is 0 Å². The van der Waals surface area contributed by atoms with Gasteiger partial charge in [-0.2, -0.15) is 5.26 Å². The van der Waals surface area contributed by atoms with Gasteiger partial charge in [-0.05, 0) is 42.8 Å².